The first-order valence-electron chi connectivity index (χ1n) is 6.26. The third kappa shape index (κ3) is 2.59. The number of piperazine rings is 1. The highest BCUT2D eigenvalue weighted by Gasteiger charge is 2.33. The van der Waals surface area contributed by atoms with Gasteiger partial charge in [-0.05, 0) is 31.5 Å². The number of carbonyl (C=O) groups is 2. The molecule has 0 bridgehead atoms. The van der Waals surface area contributed by atoms with Crippen molar-refractivity contribution in [3.8, 4) is 0 Å². The van der Waals surface area contributed by atoms with Crippen LogP contribution >= 0.6 is 11.6 Å². The summed E-state index contributed by atoms with van der Waals surface area (Å²) in [5.41, 5.74) is 1.77. The molecule has 19 heavy (non-hydrogen) atoms. The van der Waals surface area contributed by atoms with Crippen LogP contribution in [-0.4, -0.2) is 35.8 Å². The molecule has 0 aromatic heterocycles. The zero-order valence-corrected chi connectivity index (χ0v) is 12.1. The van der Waals surface area contributed by atoms with Crippen LogP contribution in [0.2, 0.25) is 5.02 Å². The van der Waals surface area contributed by atoms with Crippen molar-refractivity contribution in [2.75, 3.05) is 18.0 Å². The number of halogens is 1. The van der Waals surface area contributed by atoms with E-state index in [0.29, 0.717) is 18.1 Å². The smallest absolute Gasteiger partial charge is 0.249 e. The van der Waals surface area contributed by atoms with Gasteiger partial charge < -0.3 is 9.80 Å². The fourth-order valence-electron chi connectivity index (χ4n) is 2.31. The van der Waals surface area contributed by atoms with Crippen LogP contribution in [0, 0.1) is 6.92 Å². The minimum atomic E-state index is -0.425. The molecule has 1 aliphatic rings. The van der Waals surface area contributed by atoms with E-state index in [9.17, 15) is 9.59 Å². The Morgan fingerprint density at radius 3 is 2.63 bits per heavy atom. The minimum absolute atomic E-state index is 0.0672. The molecule has 0 saturated carbocycles. The zero-order valence-electron chi connectivity index (χ0n) is 11.3. The maximum atomic E-state index is 12.3. The summed E-state index contributed by atoms with van der Waals surface area (Å²) < 4.78 is 0. The van der Waals surface area contributed by atoms with Gasteiger partial charge in [-0.2, -0.15) is 0 Å². The largest absolute Gasteiger partial charge is 0.329 e. The summed E-state index contributed by atoms with van der Waals surface area (Å²) in [4.78, 5) is 27.0. The molecule has 1 atom stereocenters. The number of hydrogen-bond donors (Lipinski definition) is 0. The molecule has 1 aromatic carbocycles. The molecule has 1 aromatic rings. The van der Waals surface area contributed by atoms with Crippen molar-refractivity contribution in [3.05, 3.63) is 28.8 Å². The van der Waals surface area contributed by atoms with Crippen LogP contribution < -0.4 is 4.90 Å². The van der Waals surface area contributed by atoms with Gasteiger partial charge in [-0.1, -0.05) is 17.7 Å². The first kappa shape index (κ1) is 13.9. The summed E-state index contributed by atoms with van der Waals surface area (Å²) in [5, 5.41) is 0.645. The molecular formula is C14H17ClN2O2. The molecule has 0 aliphatic carbocycles. The van der Waals surface area contributed by atoms with Gasteiger partial charge in [0.2, 0.25) is 11.8 Å². The van der Waals surface area contributed by atoms with Crippen LogP contribution in [0.15, 0.2) is 18.2 Å². The molecule has 4 nitrogen and oxygen atoms in total. The van der Waals surface area contributed by atoms with Crippen LogP contribution in [0.1, 0.15) is 19.4 Å². The van der Waals surface area contributed by atoms with Gasteiger partial charge in [-0.25, -0.2) is 0 Å². The van der Waals surface area contributed by atoms with Crippen molar-refractivity contribution in [1.82, 2.24) is 4.90 Å². The summed E-state index contributed by atoms with van der Waals surface area (Å²) in [7, 11) is 0. The Morgan fingerprint density at radius 1 is 1.37 bits per heavy atom. The van der Waals surface area contributed by atoms with E-state index in [2.05, 4.69) is 0 Å². The normalized spacial score (nSPS) is 19.8. The highest BCUT2D eigenvalue weighted by atomic mass is 35.5. The molecule has 1 aliphatic heterocycles. The standard InChI is InChI=1S/C14H17ClN2O2/c1-9-4-5-12(8-13(9)15)17-7-6-16(11(3)18)10(2)14(17)19/h4-5,8,10H,6-7H2,1-3H3. The molecule has 1 heterocycles. The molecule has 1 saturated heterocycles. The molecule has 0 spiro atoms. The van der Waals surface area contributed by atoms with Crippen molar-refractivity contribution < 1.29 is 9.59 Å². The Morgan fingerprint density at radius 2 is 2.05 bits per heavy atom. The Kier molecular flexibility index (Phi) is 3.80. The van der Waals surface area contributed by atoms with Crippen LogP contribution in [0.5, 0.6) is 0 Å². The average molecular weight is 281 g/mol. The van der Waals surface area contributed by atoms with E-state index in [-0.39, 0.29) is 11.8 Å². The van der Waals surface area contributed by atoms with E-state index < -0.39 is 6.04 Å². The number of benzene rings is 1. The number of amides is 2. The summed E-state index contributed by atoms with van der Waals surface area (Å²) in [6.07, 6.45) is 0. The Hall–Kier alpha value is -1.55. The Labute approximate surface area is 117 Å². The van der Waals surface area contributed by atoms with E-state index in [1.165, 1.54) is 6.92 Å². The van der Waals surface area contributed by atoms with Crippen LogP contribution in [0.4, 0.5) is 5.69 Å². The van der Waals surface area contributed by atoms with Crippen molar-refractivity contribution in [1.29, 1.82) is 0 Å². The average Bonchev–Trinajstić information content (AvgIpc) is 2.36. The van der Waals surface area contributed by atoms with Gasteiger partial charge >= 0.3 is 0 Å². The molecule has 0 N–H and O–H groups in total. The molecule has 0 radical (unpaired) electrons. The van der Waals surface area contributed by atoms with Crippen molar-refractivity contribution in [2.45, 2.75) is 26.8 Å². The van der Waals surface area contributed by atoms with Crippen LogP contribution in [0.3, 0.4) is 0 Å². The second-order valence-electron chi connectivity index (χ2n) is 4.81. The lowest BCUT2D eigenvalue weighted by Gasteiger charge is -2.38. The molecule has 5 heteroatoms. The summed E-state index contributed by atoms with van der Waals surface area (Å²) in [6.45, 7) is 6.22. The third-order valence-electron chi connectivity index (χ3n) is 3.53. The van der Waals surface area contributed by atoms with E-state index in [0.717, 1.165) is 11.3 Å². The minimum Gasteiger partial charge on any atom is -0.329 e. The first-order chi connectivity index (χ1) is 8.91. The maximum Gasteiger partial charge on any atom is 0.249 e. The molecule has 1 unspecified atom stereocenters. The van der Waals surface area contributed by atoms with Crippen molar-refractivity contribution >= 4 is 29.1 Å². The van der Waals surface area contributed by atoms with Crippen LogP contribution in [0.25, 0.3) is 0 Å². The van der Waals surface area contributed by atoms with E-state index in [1.54, 1.807) is 22.8 Å². The number of anilines is 1. The molecule has 1 fully saturated rings. The lowest BCUT2D eigenvalue weighted by molar-refractivity contribution is -0.139. The van der Waals surface area contributed by atoms with E-state index in [4.69, 9.17) is 11.6 Å². The highest BCUT2D eigenvalue weighted by Crippen LogP contribution is 2.25. The number of hydrogen-bond acceptors (Lipinski definition) is 2. The summed E-state index contributed by atoms with van der Waals surface area (Å²) in [6, 6.07) is 5.15. The van der Waals surface area contributed by atoms with Gasteiger partial charge in [-0.3, -0.25) is 9.59 Å². The third-order valence-corrected chi connectivity index (χ3v) is 3.93. The van der Waals surface area contributed by atoms with Gasteiger partial charge in [0.15, 0.2) is 0 Å². The fraction of sp³-hybridized carbons (Fsp3) is 0.429. The molecule has 2 rings (SSSR count). The van der Waals surface area contributed by atoms with Gasteiger partial charge in [0.05, 0.1) is 0 Å². The van der Waals surface area contributed by atoms with Gasteiger partial charge in [0.25, 0.3) is 0 Å². The predicted octanol–water partition coefficient (Wildman–Crippen LogP) is 2.23. The fourth-order valence-corrected chi connectivity index (χ4v) is 2.48. The molecule has 102 valence electrons. The van der Waals surface area contributed by atoms with Gasteiger partial charge in [-0.15, -0.1) is 0 Å². The monoisotopic (exact) mass is 280 g/mol. The van der Waals surface area contributed by atoms with Gasteiger partial charge in [0, 0.05) is 30.7 Å². The SMILES string of the molecule is CC(=O)N1CCN(c2ccc(C)c(Cl)c2)C(=O)C1C. The Bertz CT molecular complexity index is 530. The van der Waals surface area contributed by atoms with Crippen molar-refractivity contribution in [2.24, 2.45) is 0 Å². The number of rotatable bonds is 1. The number of nitrogens with zero attached hydrogens (tertiary/aromatic N) is 2. The lowest BCUT2D eigenvalue weighted by atomic mass is 10.1. The first-order valence-corrected chi connectivity index (χ1v) is 6.64. The molecule has 2 amide bonds. The summed E-state index contributed by atoms with van der Waals surface area (Å²) >= 11 is 6.09. The lowest BCUT2D eigenvalue weighted by Crippen LogP contribution is -2.57. The Balaban J connectivity index is 2.25. The highest BCUT2D eigenvalue weighted by molar-refractivity contribution is 6.31. The number of aryl methyl sites for hydroxylation is 1. The second kappa shape index (κ2) is 5.21. The van der Waals surface area contributed by atoms with E-state index in [1.807, 2.05) is 19.1 Å². The quantitative estimate of drug-likeness (QED) is 0.791. The van der Waals surface area contributed by atoms with Crippen LogP contribution in [-0.2, 0) is 9.59 Å². The topological polar surface area (TPSA) is 40.6 Å². The second-order valence-corrected chi connectivity index (χ2v) is 5.22. The zero-order chi connectivity index (χ0) is 14.2. The maximum absolute atomic E-state index is 12.3. The number of carbonyl (C=O) groups excluding carboxylic acids is 2. The molecular weight excluding hydrogens is 264 g/mol. The van der Waals surface area contributed by atoms with E-state index >= 15 is 0 Å². The predicted molar refractivity (Wildman–Crippen MR) is 75.4 cm³/mol. The van der Waals surface area contributed by atoms with Crippen molar-refractivity contribution in [3.63, 3.8) is 0 Å². The van der Waals surface area contributed by atoms with Gasteiger partial charge in [0.1, 0.15) is 6.04 Å². The summed E-state index contributed by atoms with van der Waals surface area (Å²) in [5.74, 6) is -0.135.